The van der Waals surface area contributed by atoms with Crippen molar-refractivity contribution in [1.82, 2.24) is 4.98 Å². The Morgan fingerprint density at radius 2 is 2.14 bits per heavy atom. The molecular formula is C16H13FN2O2. The number of benzene rings is 2. The van der Waals surface area contributed by atoms with Crippen molar-refractivity contribution < 1.29 is 13.5 Å². The fraction of sp³-hybridized carbons (Fsp3) is 0.188. The molecule has 4 rings (SSSR count). The van der Waals surface area contributed by atoms with Crippen LogP contribution in [0.4, 0.5) is 4.39 Å². The van der Waals surface area contributed by atoms with Gasteiger partial charge in [0.25, 0.3) is 0 Å². The molecule has 1 atom stereocenters. The molecule has 0 unspecified atom stereocenters. The van der Waals surface area contributed by atoms with E-state index in [1.165, 1.54) is 6.07 Å². The Bertz CT molecular complexity index is 795. The molecule has 1 aromatic heterocycles. The first-order valence-corrected chi connectivity index (χ1v) is 6.79. The molecule has 0 aliphatic carbocycles. The Hall–Kier alpha value is -2.40. The van der Waals surface area contributed by atoms with Gasteiger partial charge in [0.15, 0.2) is 17.1 Å². The number of nitrogens with two attached hydrogens (primary N) is 1. The topological polar surface area (TPSA) is 61.3 Å². The molecule has 1 aliphatic rings. The number of nitrogens with zero attached hydrogens (tertiary/aromatic N) is 1. The monoisotopic (exact) mass is 284 g/mol. The van der Waals surface area contributed by atoms with Crippen molar-refractivity contribution in [3.63, 3.8) is 0 Å². The molecule has 21 heavy (non-hydrogen) atoms. The van der Waals surface area contributed by atoms with Crippen LogP contribution in [0.5, 0.6) is 5.75 Å². The third-order valence-electron chi connectivity index (χ3n) is 3.66. The molecule has 2 N–H and O–H groups in total. The highest BCUT2D eigenvalue weighted by atomic mass is 19.1. The van der Waals surface area contributed by atoms with Gasteiger partial charge in [-0.2, -0.15) is 0 Å². The number of oxazole rings is 1. The molecule has 4 nitrogen and oxygen atoms in total. The molecule has 0 radical (unpaired) electrons. The van der Waals surface area contributed by atoms with Crippen LogP contribution in [0.15, 0.2) is 40.8 Å². The van der Waals surface area contributed by atoms with Crippen molar-refractivity contribution >= 4 is 11.1 Å². The number of fused-ring (bicyclic) bond motifs is 2. The normalized spacial score (nSPS) is 17.0. The van der Waals surface area contributed by atoms with Crippen molar-refractivity contribution in [2.45, 2.75) is 12.5 Å². The highest BCUT2D eigenvalue weighted by Crippen LogP contribution is 2.36. The lowest BCUT2D eigenvalue weighted by Crippen LogP contribution is -2.24. The summed E-state index contributed by atoms with van der Waals surface area (Å²) in [5.41, 5.74) is 8.45. The number of halogens is 1. The molecule has 5 heteroatoms. The van der Waals surface area contributed by atoms with E-state index in [4.69, 9.17) is 14.9 Å². The number of para-hydroxylation sites is 2. The van der Waals surface area contributed by atoms with Crippen LogP contribution in [0.3, 0.4) is 0 Å². The summed E-state index contributed by atoms with van der Waals surface area (Å²) in [4.78, 5) is 4.39. The molecule has 0 saturated carbocycles. The van der Waals surface area contributed by atoms with Gasteiger partial charge in [-0.05, 0) is 24.3 Å². The Balaban J connectivity index is 1.81. The third kappa shape index (κ3) is 1.97. The summed E-state index contributed by atoms with van der Waals surface area (Å²) in [7, 11) is 0. The maximum atomic E-state index is 14.2. The molecule has 0 amide bonds. The second-order valence-electron chi connectivity index (χ2n) is 5.11. The minimum atomic E-state index is -0.402. The van der Waals surface area contributed by atoms with Crippen LogP contribution < -0.4 is 10.5 Å². The largest absolute Gasteiger partial charge is 0.485 e. The van der Waals surface area contributed by atoms with Gasteiger partial charge >= 0.3 is 0 Å². The Kier molecular flexibility index (Phi) is 2.68. The van der Waals surface area contributed by atoms with E-state index in [-0.39, 0.29) is 6.10 Å². The van der Waals surface area contributed by atoms with E-state index in [0.717, 1.165) is 11.1 Å². The van der Waals surface area contributed by atoms with Gasteiger partial charge in [0, 0.05) is 24.1 Å². The van der Waals surface area contributed by atoms with Crippen molar-refractivity contribution in [2.75, 3.05) is 6.54 Å². The molecule has 0 fully saturated rings. The highest BCUT2D eigenvalue weighted by Gasteiger charge is 2.26. The van der Waals surface area contributed by atoms with E-state index in [9.17, 15) is 4.39 Å². The number of rotatable bonds is 2. The van der Waals surface area contributed by atoms with E-state index < -0.39 is 5.82 Å². The van der Waals surface area contributed by atoms with Crippen LogP contribution in [0.25, 0.3) is 22.6 Å². The quantitative estimate of drug-likeness (QED) is 0.786. The lowest BCUT2D eigenvalue weighted by atomic mass is 10.1. The number of hydrogen-bond donors (Lipinski definition) is 1. The minimum absolute atomic E-state index is 0.159. The second kappa shape index (κ2) is 4.56. The van der Waals surface area contributed by atoms with Gasteiger partial charge in [-0.15, -0.1) is 0 Å². The molecule has 2 aromatic carbocycles. The van der Waals surface area contributed by atoms with Gasteiger partial charge in [0.2, 0.25) is 5.89 Å². The van der Waals surface area contributed by atoms with Crippen molar-refractivity contribution in [2.24, 2.45) is 5.73 Å². The van der Waals surface area contributed by atoms with Gasteiger partial charge in [0.1, 0.15) is 11.6 Å². The average Bonchev–Trinajstić information content (AvgIpc) is 3.10. The van der Waals surface area contributed by atoms with Crippen LogP contribution in [-0.4, -0.2) is 17.6 Å². The van der Waals surface area contributed by atoms with Crippen LogP contribution in [-0.2, 0) is 6.42 Å². The zero-order valence-electron chi connectivity index (χ0n) is 11.2. The minimum Gasteiger partial charge on any atom is -0.485 e. The van der Waals surface area contributed by atoms with Crippen LogP contribution in [0, 0.1) is 5.82 Å². The zero-order chi connectivity index (χ0) is 14.4. The number of hydrogen-bond acceptors (Lipinski definition) is 4. The van der Waals surface area contributed by atoms with E-state index in [1.54, 1.807) is 0 Å². The first-order valence-electron chi connectivity index (χ1n) is 6.79. The lowest BCUT2D eigenvalue weighted by Gasteiger charge is -2.06. The summed E-state index contributed by atoms with van der Waals surface area (Å²) in [6.45, 7) is 0.367. The molecule has 3 aromatic rings. The SMILES string of the molecule is NC[C@H]1Cc2cc(-c3nc4ccccc4o3)cc(F)c2O1. The fourth-order valence-electron chi connectivity index (χ4n) is 2.64. The summed E-state index contributed by atoms with van der Waals surface area (Å²) in [5, 5.41) is 0. The number of ether oxygens (including phenoxy) is 1. The average molecular weight is 284 g/mol. The van der Waals surface area contributed by atoms with Gasteiger partial charge < -0.3 is 14.9 Å². The summed E-state index contributed by atoms with van der Waals surface area (Å²) in [5.74, 6) is 0.306. The van der Waals surface area contributed by atoms with Gasteiger partial charge in [-0.1, -0.05) is 12.1 Å². The van der Waals surface area contributed by atoms with Gasteiger partial charge in [-0.3, -0.25) is 0 Å². The molecule has 1 aliphatic heterocycles. The molecule has 0 spiro atoms. The van der Waals surface area contributed by atoms with Crippen LogP contribution in [0.1, 0.15) is 5.56 Å². The lowest BCUT2D eigenvalue weighted by molar-refractivity contribution is 0.232. The van der Waals surface area contributed by atoms with E-state index in [0.29, 0.717) is 35.8 Å². The summed E-state index contributed by atoms with van der Waals surface area (Å²) < 4.78 is 25.3. The second-order valence-corrected chi connectivity index (χ2v) is 5.11. The molecule has 106 valence electrons. The summed E-state index contributed by atoms with van der Waals surface area (Å²) >= 11 is 0. The number of aromatic nitrogens is 1. The Morgan fingerprint density at radius 1 is 1.29 bits per heavy atom. The smallest absolute Gasteiger partial charge is 0.227 e. The first-order chi connectivity index (χ1) is 10.2. The Morgan fingerprint density at radius 3 is 2.95 bits per heavy atom. The molecular weight excluding hydrogens is 271 g/mol. The fourth-order valence-corrected chi connectivity index (χ4v) is 2.64. The molecule has 2 heterocycles. The predicted molar refractivity (Wildman–Crippen MR) is 76.6 cm³/mol. The van der Waals surface area contributed by atoms with Gasteiger partial charge in [0.05, 0.1) is 0 Å². The summed E-state index contributed by atoms with van der Waals surface area (Å²) in [6.07, 6.45) is 0.449. The highest BCUT2D eigenvalue weighted by molar-refractivity contribution is 5.76. The van der Waals surface area contributed by atoms with Crippen molar-refractivity contribution in [3.05, 3.63) is 47.8 Å². The molecule has 0 saturated heterocycles. The standard InChI is InChI=1S/C16H13FN2O2/c17-12-7-10(5-9-6-11(8-18)20-15(9)12)16-19-13-3-1-2-4-14(13)21-16/h1-5,7,11H,6,8,18H2/t11-/m1/s1. The maximum Gasteiger partial charge on any atom is 0.227 e. The molecule has 0 bridgehead atoms. The van der Waals surface area contributed by atoms with Crippen LogP contribution >= 0.6 is 0 Å². The zero-order valence-corrected chi connectivity index (χ0v) is 11.2. The summed E-state index contributed by atoms with van der Waals surface area (Å²) in [6, 6.07) is 10.7. The predicted octanol–water partition coefficient (Wildman–Crippen LogP) is 2.90. The third-order valence-corrected chi connectivity index (χ3v) is 3.66. The van der Waals surface area contributed by atoms with E-state index in [2.05, 4.69) is 4.98 Å². The first kappa shape index (κ1) is 12.3. The van der Waals surface area contributed by atoms with E-state index >= 15 is 0 Å². The van der Waals surface area contributed by atoms with Gasteiger partial charge in [-0.25, -0.2) is 9.37 Å². The van der Waals surface area contributed by atoms with Crippen LogP contribution in [0.2, 0.25) is 0 Å². The maximum absolute atomic E-state index is 14.2. The van der Waals surface area contributed by atoms with E-state index in [1.807, 2.05) is 30.3 Å². The van der Waals surface area contributed by atoms with Crippen molar-refractivity contribution in [3.8, 4) is 17.2 Å². The Labute approximate surface area is 120 Å². The van der Waals surface area contributed by atoms with Crippen molar-refractivity contribution in [1.29, 1.82) is 0 Å².